The molecule has 0 radical (unpaired) electrons. The quantitative estimate of drug-likeness (QED) is 0.710. The number of furan rings is 1. The van der Waals surface area contributed by atoms with Crippen LogP contribution in [0.1, 0.15) is 40.0 Å². The van der Waals surface area contributed by atoms with Crippen LogP contribution in [0.25, 0.3) is 0 Å². The molecular formula is C21H23N3O4. The Bertz CT molecular complexity index is 962. The highest BCUT2D eigenvalue weighted by atomic mass is 16.5. The van der Waals surface area contributed by atoms with Gasteiger partial charge in [-0.2, -0.15) is 0 Å². The second-order valence-corrected chi connectivity index (χ2v) is 6.80. The number of carbonyl (C=O) groups excluding carboxylic acids is 1. The molecule has 4 rings (SSSR count). The van der Waals surface area contributed by atoms with Crippen LogP contribution in [0.15, 0.2) is 47.2 Å². The Kier molecular flexibility index (Phi) is 5.06. The predicted octanol–water partition coefficient (Wildman–Crippen LogP) is 3.15. The minimum atomic E-state index is -0.197. The van der Waals surface area contributed by atoms with Gasteiger partial charge in [0.05, 0.1) is 27.0 Å². The van der Waals surface area contributed by atoms with Crippen LogP contribution >= 0.6 is 0 Å². The molecular weight excluding hydrogens is 358 g/mol. The number of hydrogen-bond donors (Lipinski definition) is 1. The molecule has 2 aromatic heterocycles. The zero-order chi connectivity index (χ0) is 19.5. The number of nitrogens with zero attached hydrogens (tertiary/aromatic N) is 2. The molecule has 146 valence electrons. The molecule has 0 spiro atoms. The van der Waals surface area contributed by atoms with Gasteiger partial charge in [-0.15, -0.1) is 0 Å². The average Bonchev–Trinajstić information content (AvgIpc) is 3.40. The fraction of sp³-hybridized carbons (Fsp3) is 0.333. The van der Waals surface area contributed by atoms with Crippen molar-refractivity contribution in [3.05, 3.63) is 65.6 Å². The molecule has 3 aromatic rings. The smallest absolute Gasteiger partial charge is 0.271 e. The van der Waals surface area contributed by atoms with Crippen molar-refractivity contribution in [2.75, 3.05) is 14.2 Å². The molecule has 0 saturated heterocycles. The van der Waals surface area contributed by atoms with E-state index in [9.17, 15) is 4.79 Å². The monoisotopic (exact) mass is 381 g/mol. The SMILES string of the molecule is COc1ccc([C@H]2CCc3nc(C(=O)NCc4ccco4)cn3C2)c(OC)c1. The summed E-state index contributed by atoms with van der Waals surface area (Å²) in [6, 6.07) is 9.54. The Morgan fingerprint density at radius 1 is 1.32 bits per heavy atom. The third-order valence-electron chi connectivity index (χ3n) is 5.11. The van der Waals surface area contributed by atoms with E-state index in [0.29, 0.717) is 23.9 Å². The molecule has 7 heteroatoms. The second kappa shape index (κ2) is 7.80. The van der Waals surface area contributed by atoms with E-state index in [1.54, 1.807) is 26.5 Å². The Morgan fingerprint density at radius 2 is 2.21 bits per heavy atom. The van der Waals surface area contributed by atoms with Gasteiger partial charge in [-0.3, -0.25) is 4.79 Å². The molecule has 0 bridgehead atoms. The summed E-state index contributed by atoms with van der Waals surface area (Å²) in [4.78, 5) is 16.9. The summed E-state index contributed by atoms with van der Waals surface area (Å²) < 4.78 is 18.2. The molecule has 0 fully saturated rings. The number of rotatable bonds is 6. The average molecular weight is 381 g/mol. The first-order valence-electron chi connectivity index (χ1n) is 9.26. The van der Waals surface area contributed by atoms with E-state index in [0.717, 1.165) is 42.3 Å². The lowest BCUT2D eigenvalue weighted by atomic mass is 9.91. The zero-order valence-corrected chi connectivity index (χ0v) is 16.0. The van der Waals surface area contributed by atoms with Gasteiger partial charge in [0.15, 0.2) is 0 Å². The van der Waals surface area contributed by atoms with Crippen LogP contribution in [-0.2, 0) is 19.5 Å². The number of nitrogens with one attached hydrogen (secondary N) is 1. The molecule has 0 aliphatic carbocycles. The van der Waals surface area contributed by atoms with Crippen molar-refractivity contribution < 1.29 is 18.7 Å². The Morgan fingerprint density at radius 3 is 2.96 bits per heavy atom. The van der Waals surface area contributed by atoms with Gasteiger partial charge in [0.2, 0.25) is 0 Å². The third kappa shape index (κ3) is 3.60. The first-order chi connectivity index (χ1) is 13.7. The van der Waals surface area contributed by atoms with Crippen molar-refractivity contribution >= 4 is 5.91 Å². The number of aryl methyl sites for hydroxylation is 1. The van der Waals surface area contributed by atoms with Crippen LogP contribution in [0.2, 0.25) is 0 Å². The number of fused-ring (bicyclic) bond motifs is 1. The van der Waals surface area contributed by atoms with Crippen molar-refractivity contribution in [3.8, 4) is 11.5 Å². The van der Waals surface area contributed by atoms with E-state index in [1.165, 1.54) is 0 Å². The molecule has 0 unspecified atom stereocenters. The lowest BCUT2D eigenvalue weighted by Gasteiger charge is -2.25. The van der Waals surface area contributed by atoms with Gasteiger partial charge in [-0.05, 0) is 30.2 Å². The summed E-state index contributed by atoms with van der Waals surface area (Å²) in [5.41, 5.74) is 1.58. The maximum atomic E-state index is 12.4. The molecule has 1 aliphatic heterocycles. The number of methoxy groups -OCH3 is 2. The predicted molar refractivity (Wildman–Crippen MR) is 103 cm³/mol. The van der Waals surface area contributed by atoms with Crippen LogP contribution in [0.5, 0.6) is 11.5 Å². The van der Waals surface area contributed by atoms with Gasteiger partial charge < -0.3 is 23.8 Å². The van der Waals surface area contributed by atoms with Crippen molar-refractivity contribution in [2.24, 2.45) is 0 Å². The van der Waals surface area contributed by atoms with E-state index < -0.39 is 0 Å². The van der Waals surface area contributed by atoms with Crippen molar-refractivity contribution in [1.82, 2.24) is 14.9 Å². The molecule has 0 saturated carbocycles. The first kappa shape index (κ1) is 18.2. The molecule has 1 aromatic carbocycles. The van der Waals surface area contributed by atoms with Gasteiger partial charge in [0, 0.05) is 31.1 Å². The molecule has 1 N–H and O–H groups in total. The lowest BCUT2D eigenvalue weighted by molar-refractivity contribution is 0.0943. The normalized spacial score (nSPS) is 15.7. The number of amides is 1. The van der Waals surface area contributed by atoms with Crippen molar-refractivity contribution in [3.63, 3.8) is 0 Å². The highest BCUT2D eigenvalue weighted by molar-refractivity contribution is 5.92. The molecule has 1 aliphatic rings. The number of ether oxygens (including phenoxy) is 2. The summed E-state index contributed by atoms with van der Waals surface area (Å²) in [6.45, 7) is 1.11. The fourth-order valence-electron chi connectivity index (χ4n) is 3.63. The van der Waals surface area contributed by atoms with Crippen LogP contribution in [-0.4, -0.2) is 29.7 Å². The van der Waals surface area contributed by atoms with Crippen LogP contribution in [0, 0.1) is 0 Å². The van der Waals surface area contributed by atoms with Gasteiger partial charge in [0.25, 0.3) is 5.91 Å². The largest absolute Gasteiger partial charge is 0.497 e. The third-order valence-corrected chi connectivity index (χ3v) is 5.11. The molecule has 1 amide bonds. The van der Waals surface area contributed by atoms with E-state index in [-0.39, 0.29) is 5.91 Å². The van der Waals surface area contributed by atoms with E-state index in [2.05, 4.69) is 20.9 Å². The summed E-state index contributed by atoms with van der Waals surface area (Å²) in [6.07, 6.45) is 5.18. The minimum Gasteiger partial charge on any atom is -0.497 e. The highest BCUT2D eigenvalue weighted by Gasteiger charge is 2.25. The van der Waals surface area contributed by atoms with Crippen LogP contribution in [0.3, 0.4) is 0 Å². The number of carbonyl (C=O) groups is 1. The molecule has 28 heavy (non-hydrogen) atoms. The van der Waals surface area contributed by atoms with Crippen LogP contribution in [0.4, 0.5) is 0 Å². The first-order valence-corrected chi connectivity index (χ1v) is 9.26. The van der Waals surface area contributed by atoms with E-state index in [1.807, 2.05) is 24.4 Å². The number of hydrogen-bond acceptors (Lipinski definition) is 5. The Hall–Kier alpha value is -3.22. The van der Waals surface area contributed by atoms with Crippen molar-refractivity contribution in [2.45, 2.75) is 31.8 Å². The van der Waals surface area contributed by atoms with Crippen LogP contribution < -0.4 is 14.8 Å². The van der Waals surface area contributed by atoms with E-state index in [4.69, 9.17) is 13.9 Å². The minimum absolute atomic E-state index is 0.197. The summed E-state index contributed by atoms with van der Waals surface area (Å²) in [5.74, 6) is 3.34. The standard InChI is InChI=1S/C21H23N3O4/c1-26-15-6-7-17(19(10-15)27-2)14-5-8-20-23-18(13-24(20)12-14)21(25)22-11-16-4-3-9-28-16/h3-4,6-7,9-10,13-14H,5,8,11-12H2,1-2H3,(H,22,25)/t14-/m0/s1. The second-order valence-electron chi connectivity index (χ2n) is 6.80. The number of aromatic nitrogens is 2. The maximum absolute atomic E-state index is 12.4. The summed E-state index contributed by atoms with van der Waals surface area (Å²) in [7, 11) is 3.32. The molecule has 7 nitrogen and oxygen atoms in total. The lowest BCUT2D eigenvalue weighted by Crippen LogP contribution is -2.22. The van der Waals surface area contributed by atoms with Gasteiger partial charge in [-0.25, -0.2) is 4.98 Å². The van der Waals surface area contributed by atoms with Gasteiger partial charge >= 0.3 is 0 Å². The zero-order valence-electron chi connectivity index (χ0n) is 16.0. The maximum Gasteiger partial charge on any atom is 0.271 e. The van der Waals surface area contributed by atoms with Gasteiger partial charge in [0.1, 0.15) is 28.8 Å². The topological polar surface area (TPSA) is 78.5 Å². The fourth-order valence-corrected chi connectivity index (χ4v) is 3.63. The number of benzene rings is 1. The van der Waals surface area contributed by atoms with Gasteiger partial charge in [-0.1, -0.05) is 6.07 Å². The molecule has 3 heterocycles. The highest BCUT2D eigenvalue weighted by Crippen LogP contribution is 2.36. The summed E-state index contributed by atoms with van der Waals surface area (Å²) in [5, 5.41) is 2.84. The molecule has 1 atom stereocenters. The van der Waals surface area contributed by atoms with Crippen molar-refractivity contribution in [1.29, 1.82) is 0 Å². The Balaban J connectivity index is 1.48. The number of imidazole rings is 1. The Labute approximate surface area is 163 Å². The summed E-state index contributed by atoms with van der Waals surface area (Å²) >= 11 is 0. The van der Waals surface area contributed by atoms with E-state index >= 15 is 0 Å².